The van der Waals surface area contributed by atoms with E-state index in [1.54, 1.807) is 12.4 Å². The number of anilines is 1. The highest BCUT2D eigenvalue weighted by Gasteiger charge is 2.23. The van der Waals surface area contributed by atoms with Crippen LogP contribution in [0.5, 0.6) is 0 Å². The topological polar surface area (TPSA) is 68.9 Å². The lowest BCUT2D eigenvalue weighted by molar-refractivity contribution is 0.216. The van der Waals surface area contributed by atoms with E-state index >= 15 is 0 Å². The van der Waals surface area contributed by atoms with Gasteiger partial charge in [0.15, 0.2) is 5.65 Å². The molecule has 1 fully saturated rings. The van der Waals surface area contributed by atoms with Gasteiger partial charge in [0.1, 0.15) is 11.3 Å². The highest BCUT2D eigenvalue weighted by Crippen LogP contribution is 2.18. The van der Waals surface area contributed by atoms with Crippen LogP contribution in [0.1, 0.15) is 13.3 Å². The van der Waals surface area contributed by atoms with E-state index in [9.17, 15) is 0 Å². The van der Waals surface area contributed by atoms with Gasteiger partial charge in [-0.25, -0.2) is 9.97 Å². The molecule has 0 bridgehead atoms. The van der Waals surface area contributed by atoms with Gasteiger partial charge in [-0.1, -0.05) is 6.92 Å². The molecule has 0 amide bonds. The summed E-state index contributed by atoms with van der Waals surface area (Å²) >= 11 is 0. The summed E-state index contributed by atoms with van der Waals surface area (Å²) in [6, 6.07) is 6.36. The van der Waals surface area contributed by atoms with E-state index in [0.717, 1.165) is 43.9 Å². The largest absolute Gasteiger partial charge is 0.354 e. The third kappa shape index (κ3) is 2.78. The third-order valence-corrected chi connectivity index (χ3v) is 3.93. The molecule has 108 valence electrons. The van der Waals surface area contributed by atoms with Crippen LogP contribution >= 0.6 is 0 Å². The second-order valence-electron chi connectivity index (χ2n) is 5.14. The molecule has 0 aliphatic carbocycles. The SMILES string of the molecule is CCC(C#N)N1CCN(c2ccc3nccnc3n2)CC1. The standard InChI is InChI=1S/C15H18N6/c1-2-12(11-16)20-7-9-21(10-8-20)14-4-3-13-15(19-14)18-6-5-17-13/h3-6,12H,2,7-10H2,1H3. The first-order valence-electron chi connectivity index (χ1n) is 7.28. The molecule has 1 aliphatic heterocycles. The van der Waals surface area contributed by atoms with Gasteiger partial charge < -0.3 is 4.90 Å². The lowest BCUT2D eigenvalue weighted by atomic mass is 10.2. The Kier molecular flexibility index (Phi) is 3.93. The predicted molar refractivity (Wildman–Crippen MR) is 80.8 cm³/mol. The molecule has 6 nitrogen and oxygen atoms in total. The highest BCUT2D eigenvalue weighted by atomic mass is 15.3. The summed E-state index contributed by atoms with van der Waals surface area (Å²) in [7, 11) is 0. The quantitative estimate of drug-likeness (QED) is 0.848. The Morgan fingerprint density at radius 1 is 1.19 bits per heavy atom. The second kappa shape index (κ2) is 6.02. The fraction of sp³-hybridized carbons (Fsp3) is 0.467. The lowest BCUT2D eigenvalue weighted by Crippen LogP contribution is -2.50. The normalized spacial score (nSPS) is 17.6. The van der Waals surface area contributed by atoms with E-state index in [4.69, 9.17) is 5.26 Å². The van der Waals surface area contributed by atoms with Crippen molar-refractivity contribution in [2.45, 2.75) is 19.4 Å². The summed E-state index contributed by atoms with van der Waals surface area (Å²) in [4.78, 5) is 17.6. The molecule has 1 unspecified atom stereocenters. The lowest BCUT2D eigenvalue weighted by Gasteiger charge is -2.37. The number of hydrogen-bond acceptors (Lipinski definition) is 6. The number of piperazine rings is 1. The number of rotatable bonds is 3. The van der Waals surface area contributed by atoms with E-state index in [0.29, 0.717) is 5.65 Å². The summed E-state index contributed by atoms with van der Waals surface area (Å²) in [6.45, 7) is 5.62. The van der Waals surface area contributed by atoms with Crippen molar-refractivity contribution < 1.29 is 0 Å². The minimum Gasteiger partial charge on any atom is -0.354 e. The van der Waals surface area contributed by atoms with Crippen molar-refractivity contribution in [3.63, 3.8) is 0 Å². The number of aromatic nitrogens is 3. The second-order valence-corrected chi connectivity index (χ2v) is 5.14. The van der Waals surface area contributed by atoms with E-state index in [-0.39, 0.29) is 6.04 Å². The Morgan fingerprint density at radius 2 is 1.95 bits per heavy atom. The van der Waals surface area contributed by atoms with Crippen LogP contribution in [0.15, 0.2) is 24.5 Å². The van der Waals surface area contributed by atoms with Gasteiger partial charge in [0.2, 0.25) is 0 Å². The summed E-state index contributed by atoms with van der Waals surface area (Å²) in [5.41, 5.74) is 1.50. The average molecular weight is 282 g/mol. The van der Waals surface area contributed by atoms with E-state index in [1.165, 1.54) is 0 Å². The molecular formula is C15H18N6. The maximum absolute atomic E-state index is 9.15. The molecule has 0 N–H and O–H groups in total. The van der Waals surface area contributed by atoms with Crippen LogP contribution in [0.2, 0.25) is 0 Å². The number of nitriles is 1. The van der Waals surface area contributed by atoms with Gasteiger partial charge in [0.25, 0.3) is 0 Å². The van der Waals surface area contributed by atoms with Crippen LogP contribution in [-0.4, -0.2) is 52.1 Å². The molecule has 2 aromatic heterocycles. The fourth-order valence-corrected chi connectivity index (χ4v) is 2.71. The zero-order valence-electron chi connectivity index (χ0n) is 12.1. The Balaban J connectivity index is 1.72. The Labute approximate surface area is 124 Å². The summed E-state index contributed by atoms with van der Waals surface area (Å²) in [6.07, 6.45) is 4.21. The smallest absolute Gasteiger partial charge is 0.180 e. The minimum atomic E-state index is 0.0302. The first-order chi connectivity index (χ1) is 10.3. The van der Waals surface area contributed by atoms with E-state index in [2.05, 4.69) is 37.7 Å². The van der Waals surface area contributed by atoms with Crippen LogP contribution in [0, 0.1) is 11.3 Å². The van der Waals surface area contributed by atoms with Crippen molar-refractivity contribution in [2.24, 2.45) is 0 Å². The van der Waals surface area contributed by atoms with Crippen LogP contribution in [0.25, 0.3) is 11.2 Å². The Bertz CT molecular complexity index is 657. The zero-order valence-corrected chi connectivity index (χ0v) is 12.1. The van der Waals surface area contributed by atoms with Gasteiger partial charge in [-0.2, -0.15) is 5.26 Å². The molecule has 3 rings (SSSR count). The number of pyridine rings is 1. The van der Waals surface area contributed by atoms with Crippen LogP contribution < -0.4 is 4.90 Å². The van der Waals surface area contributed by atoms with Crippen molar-refractivity contribution in [3.05, 3.63) is 24.5 Å². The van der Waals surface area contributed by atoms with Gasteiger partial charge in [-0.05, 0) is 18.6 Å². The average Bonchev–Trinajstić information content (AvgIpc) is 2.56. The number of nitrogens with zero attached hydrogens (tertiary/aromatic N) is 6. The van der Waals surface area contributed by atoms with Crippen molar-refractivity contribution in [3.8, 4) is 6.07 Å². The van der Waals surface area contributed by atoms with Gasteiger partial charge >= 0.3 is 0 Å². The highest BCUT2D eigenvalue weighted by molar-refractivity contribution is 5.71. The maximum Gasteiger partial charge on any atom is 0.180 e. The molecule has 0 saturated carbocycles. The maximum atomic E-state index is 9.15. The van der Waals surface area contributed by atoms with Crippen LogP contribution in [-0.2, 0) is 0 Å². The Morgan fingerprint density at radius 3 is 2.67 bits per heavy atom. The molecule has 21 heavy (non-hydrogen) atoms. The predicted octanol–water partition coefficient (Wildman–Crippen LogP) is 1.45. The van der Waals surface area contributed by atoms with Gasteiger partial charge in [-0.15, -0.1) is 0 Å². The summed E-state index contributed by atoms with van der Waals surface area (Å²) in [5, 5.41) is 9.15. The molecule has 1 aliphatic rings. The van der Waals surface area contributed by atoms with E-state index in [1.807, 2.05) is 12.1 Å². The molecular weight excluding hydrogens is 264 g/mol. The van der Waals surface area contributed by atoms with Crippen molar-refractivity contribution in [2.75, 3.05) is 31.1 Å². The molecule has 6 heteroatoms. The van der Waals surface area contributed by atoms with Gasteiger partial charge in [-0.3, -0.25) is 9.88 Å². The monoisotopic (exact) mass is 282 g/mol. The molecule has 3 heterocycles. The van der Waals surface area contributed by atoms with Gasteiger partial charge in [0, 0.05) is 38.6 Å². The summed E-state index contributed by atoms with van der Waals surface area (Å²) in [5.74, 6) is 0.938. The molecule has 0 aromatic carbocycles. The third-order valence-electron chi connectivity index (χ3n) is 3.93. The van der Waals surface area contributed by atoms with Crippen LogP contribution in [0.4, 0.5) is 5.82 Å². The molecule has 1 saturated heterocycles. The molecule has 1 atom stereocenters. The summed E-state index contributed by atoms with van der Waals surface area (Å²) < 4.78 is 0. The molecule has 0 spiro atoms. The van der Waals surface area contributed by atoms with Crippen molar-refractivity contribution in [1.29, 1.82) is 5.26 Å². The van der Waals surface area contributed by atoms with Crippen molar-refractivity contribution >= 4 is 17.0 Å². The molecule has 0 radical (unpaired) electrons. The van der Waals surface area contributed by atoms with Gasteiger partial charge in [0.05, 0.1) is 12.1 Å². The minimum absolute atomic E-state index is 0.0302. The van der Waals surface area contributed by atoms with Crippen LogP contribution in [0.3, 0.4) is 0 Å². The number of fused-ring (bicyclic) bond motifs is 1. The number of hydrogen-bond donors (Lipinski definition) is 0. The first-order valence-corrected chi connectivity index (χ1v) is 7.28. The molecule has 2 aromatic rings. The fourth-order valence-electron chi connectivity index (χ4n) is 2.71. The van der Waals surface area contributed by atoms with E-state index < -0.39 is 0 Å². The zero-order chi connectivity index (χ0) is 14.7. The first kappa shape index (κ1) is 13.7. The Hall–Kier alpha value is -2.26. The van der Waals surface area contributed by atoms with Crippen molar-refractivity contribution in [1.82, 2.24) is 19.9 Å².